The number of anilines is 2. The molecule has 2 N–H and O–H groups in total. The minimum absolute atomic E-state index is 0.247. The summed E-state index contributed by atoms with van der Waals surface area (Å²) in [5, 5.41) is 14.5. The van der Waals surface area contributed by atoms with Gasteiger partial charge in [0, 0.05) is 12.5 Å². The van der Waals surface area contributed by atoms with Crippen LogP contribution in [0.2, 0.25) is 0 Å². The van der Waals surface area contributed by atoms with Crippen LogP contribution in [0.15, 0.2) is 48.5 Å². The average Bonchev–Trinajstić information content (AvgIpc) is 3.10. The van der Waals surface area contributed by atoms with Crippen molar-refractivity contribution in [3.8, 4) is 16.3 Å². The van der Waals surface area contributed by atoms with E-state index in [1.54, 1.807) is 31.4 Å². The molecule has 1 heterocycles. The second-order valence-electron chi connectivity index (χ2n) is 5.32. The van der Waals surface area contributed by atoms with Gasteiger partial charge >= 0.3 is 0 Å². The van der Waals surface area contributed by atoms with Crippen molar-refractivity contribution in [2.24, 2.45) is 0 Å². The van der Waals surface area contributed by atoms with Gasteiger partial charge in [0.1, 0.15) is 10.8 Å². The first-order chi connectivity index (χ1) is 12.6. The number of benzene rings is 2. The Morgan fingerprint density at radius 3 is 2.42 bits per heavy atom. The normalized spacial score (nSPS) is 10.2. The maximum absolute atomic E-state index is 12.5. The van der Waals surface area contributed by atoms with Crippen LogP contribution in [0.25, 0.3) is 10.6 Å². The Balaban J connectivity index is 1.76. The average molecular weight is 368 g/mol. The van der Waals surface area contributed by atoms with Gasteiger partial charge < -0.3 is 10.1 Å². The summed E-state index contributed by atoms with van der Waals surface area (Å²) >= 11 is 1.26. The van der Waals surface area contributed by atoms with E-state index in [9.17, 15) is 9.59 Å². The summed E-state index contributed by atoms with van der Waals surface area (Å²) in [6, 6.07) is 14.2. The molecule has 3 rings (SSSR count). The Hall–Kier alpha value is -3.26. The molecule has 0 fully saturated rings. The Kier molecular flexibility index (Phi) is 5.23. The Labute approximate surface area is 154 Å². The highest BCUT2D eigenvalue weighted by molar-refractivity contribution is 7.18. The fraction of sp³-hybridized carbons (Fsp3) is 0.111. The van der Waals surface area contributed by atoms with Crippen molar-refractivity contribution >= 4 is 34.0 Å². The molecule has 0 atom stereocenters. The molecule has 2 aromatic carbocycles. The molecule has 0 aliphatic carbocycles. The third-order valence-corrected chi connectivity index (χ3v) is 4.35. The number of carbonyl (C=O) groups excluding carboxylic acids is 2. The van der Waals surface area contributed by atoms with Gasteiger partial charge in [0.15, 0.2) is 0 Å². The molecule has 7 nitrogen and oxygen atoms in total. The fourth-order valence-electron chi connectivity index (χ4n) is 2.27. The molecule has 26 heavy (non-hydrogen) atoms. The number of nitrogens with one attached hydrogen (secondary N) is 2. The zero-order valence-electron chi connectivity index (χ0n) is 14.1. The Morgan fingerprint density at radius 2 is 1.73 bits per heavy atom. The predicted octanol–water partition coefficient (Wildman–Crippen LogP) is 3.42. The van der Waals surface area contributed by atoms with E-state index in [1.807, 2.05) is 24.3 Å². The van der Waals surface area contributed by atoms with Crippen molar-refractivity contribution in [3.63, 3.8) is 0 Å². The SMILES string of the molecule is COc1ccc(-c2nnc(NC(=O)c3ccccc3NC(C)=O)s2)cc1. The lowest BCUT2D eigenvalue weighted by atomic mass is 10.1. The van der Waals surface area contributed by atoms with Crippen molar-refractivity contribution in [2.75, 3.05) is 17.7 Å². The van der Waals surface area contributed by atoms with E-state index < -0.39 is 0 Å². The van der Waals surface area contributed by atoms with Gasteiger partial charge in [0.25, 0.3) is 5.91 Å². The summed E-state index contributed by atoms with van der Waals surface area (Å²) in [6.45, 7) is 1.39. The number of aromatic nitrogens is 2. The molecule has 0 aliphatic rings. The lowest BCUT2D eigenvalue weighted by molar-refractivity contribution is -0.114. The van der Waals surface area contributed by atoms with E-state index in [4.69, 9.17) is 4.74 Å². The highest BCUT2D eigenvalue weighted by Crippen LogP contribution is 2.28. The minimum atomic E-state index is -0.369. The van der Waals surface area contributed by atoms with Gasteiger partial charge in [-0.2, -0.15) is 0 Å². The van der Waals surface area contributed by atoms with Crippen molar-refractivity contribution in [2.45, 2.75) is 6.92 Å². The summed E-state index contributed by atoms with van der Waals surface area (Å²) in [5.41, 5.74) is 1.67. The molecule has 0 spiro atoms. The van der Waals surface area contributed by atoms with Crippen LogP contribution in [-0.4, -0.2) is 29.1 Å². The molecule has 0 saturated carbocycles. The third kappa shape index (κ3) is 4.04. The Morgan fingerprint density at radius 1 is 1.00 bits per heavy atom. The molecule has 132 valence electrons. The van der Waals surface area contributed by atoms with Gasteiger partial charge in [0.2, 0.25) is 11.0 Å². The minimum Gasteiger partial charge on any atom is -0.497 e. The number of nitrogens with zero attached hydrogens (tertiary/aromatic N) is 2. The fourth-order valence-corrected chi connectivity index (χ4v) is 3.01. The molecule has 3 aromatic rings. The Bertz CT molecular complexity index is 938. The molecule has 0 saturated heterocycles. The van der Waals surface area contributed by atoms with Crippen molar-refractivity contribution in [1.82, 2.24) is 10.2 Å². The molecule has 0 aliphatic heterocycles. The summed E-state index contributed by atoms with van der Waals surface area (Å²) in [4.78, 5) is 23.8. The number of hydrogen-bond acceptors (Lipinski definition) is 6. The standard InChI is InChI=1S/C18H16N4O3S/c1-11(23)19-15-6-4-3-5-14(15)16(24)20-18-22-21-17(26-18)12-7-9-13(25-2)10-8-12/h3-10H,1-2H3,(H,19,23)(H,20,22,24). The topological polar surface area (TPSA) is 93.2 Å². The van der Waals surface area contributed by atoms with Crippen molar-refractivity contribution in [1.29, 1.82) is 0 Å². The van der Waals surface area contributed by atoms with E-state index in [-0.39, 0.29) is 11.8 Å². The highest BCUT2D eigenvalue weighted by Gasteiger charge is 2.15. The first kappa shape index (κ1) is 17.6. The second kappa shape index (κ2) is 7.75. The number of carbonyl (C=O) groups is 2. The lowest BCUT2D eigenvalue weighted by Gasteiger charge is -2.08. The van der Waals surface area contributed by atoms with Crippen LogP contribution in [0.1, 0.15) is 17.3 Å². The highest BCUT2D eigenvalue weighted by atomic mass is 32.1. The predicted molar refractivity (Wildman–Crippen MR) is 101 cm³/mol. The molecule has 1 aromatic heterocycles. The smallest absolute Gasteiger partial charge is 0.259 e. The summed E-state index contributed by atoms with van der Waals surface area (Å²) in [7, 11) is 1.60. The first-order valence-electron chi connectivity index (χ1n) is 7.72. The third-order valence-electron chi connectivity index (χ3n) is 3.46. The van der Waals surface area contributed by atoms with E-state index >= 15 is 0 Å². The van der Waals surface area contributed by atoms with Crippen LogP contribution in [0.4, 0.5) is 10.8 Å². The van der Waals surface area contributed by atoms with E-state index in [0.717, 1.165) is 11.3 Å². The quantitative estimate of drug-likeness (QED) is 0.720. The van der Waals surface area contributed by atoms with Crippen LogP contribution in [0.3, 0.4) is 0 Å². The van der Waals surface area contributed by atoms with Gasteiger partial charge in [-0.25, -0.2) is 0 Å². The van der Waals surface area contributed by atoms with Crippen LogP contribution in [-0.2, 0) is 4.79 Å². The van der Waals surface area contributed by atoms with Crippen molar-refractivity contribution in [3.05, 3.63) is 54.1 Å². The van der Waals surface area contributed by atoms with Crippen LogP contribution in [0, 0.1) is 0 Å². The van der Waals surface area contributed by atoms with E-state index in [2.05, 4.69) is 20.8 Å². The van der Waals surface area contributed by atoms with Crippen LogP contribution < -0.4 is 15.4 Å². The van der Waals surface area contributed by atoms with E-state index in [1.165, 1.54) is 18.3 Å². The molecule has 2 amide bonds. The summed E-state index contributed by atoms with van der Waals surface area (Å²) in [6.07, 6.45) is 0. The maximum Gasteiger partial charge on any atom is 0.259 e. The number of amides is 2. The van der Waals surface area contributed by atoms with Gasteiger partial charge in [-0.05, 0) is 36.4 Å². The van der Waals surface area contributed by atoms with Gasteiger partial charge in [-0.1, -0.05) is 23.5 Å². The largest absolute Gasteiger partial charge is 0.497 e. The van der Waals surface area contributed by atoms with Gasteiger partial charge in [-0.15, -0.1) is 10.2 Å². The second-order valence-corrected chi connectivity index (χ2v) is 6.30. The number of rotatable bonds is 5. The number of hydrogen-bond donors (Lipinski definition) is 2. The molecule has 0 unspecified atom stereocenters. The van der Waals surface area contributed by atoms with Crippen molar-refractivity contribution < 1.29 is 14.3 Å². The molecular formula is C18H16N4O3S. The lowest BCUT2D eigenvalue weighted by Crippen LogP contribution is -2.16. The zero-order chi connectivity index (χ0) is 18.5. The molecular weight excluding hydrogens is 352 g/mol. The van der Waals surface area contributed by atoms with Crippen LogP contribution >= 0.6 is 11.3 Å². The number of para-hydroxylation sites is 1. The number of methoxy groups -OCH3 is 1. The zero-order valence-corrected chi connectivity index (χ0v) is 15.0. The summed E-state index contributed by atoms with van der Waals surface area (Å²) < 4.78 is 5.13. The van der Waals surface area contributed by atoms with Crippen LogP contribution in [0.5, 0.6) is 5.75 Å². The first-order valence-corrected chi connectivity index (χ1v) is 8.54. The summed E-state index contributed by atoms with van der Waals surface area (Å²) in [5.74, 6) is 0.135. The molecule has 0 bridgehead atoms. The molecule has 0 radical (unpaired) electrons. The monoisotopic (exact) mass is 368 g/mol. The maximum atomic E-state index is 12.5. The molecule has 8 heteroatoms. The van der Waals surface area contributed by atoms with Gasteiger partial charge in [0.05, 0.1) is 18.4 Å². The van der Waals surface area contributed by atoms with Gasteiger partial charge in [-0.3, -0.25) is 14.9 Å². The van der Waals surface area contributed by atoms with E-state index in [0.29, 0.717) is 21.4 Å². The number of ether oxygens (including phenoxy) is 1.